The Kier molecular flexibility index (Phi) is 2.70. The van der Waals surface area contributed by atoms with Crippen LogP contribution in [-0.4, -0.2) is 19.8 Å². The smallest absolute Gasteiger partial charge is 0.119 e. The second-order valence-electron chi connectivity index (χ2n) is 3.48. The van der Waals surface area contributed by atoms with E-state index in [2.05, 4.69) is 24.8 Å². The molecular formula is C11H14O2S. The number of thiol groups is 1. The summed E-state index contributed by atoms with van der Waals surface area (Å²) in [4.78, 5) is 0. The van der Waals surface area contributed by atoms with Gasteiger partial charge in [0.25, 0.3) is 0 Å². The molecule has 1 aliphatic heterocycles. The number of hydrogen-bond acceptors (Lipinski definition) is 3. The lowest BCUT2D eigenvalue weighted by Gasteiger charge is -2.37. The Balaban J connectivity index is 2.13. The van der Waals surface area contributed by atoms with E-state index in [9.17, 15) is 0 Å². The predicted octanol–water partition coefficient (Wildman–Crippen LogP) is 2.24. The second kappa shape index (κ2) is 3.83. The minimum absolute atomic E-state index is 0.0786. The third kappa shape index (κ3) is 1.74. The highest BCUT2D eigenvalue weighted by atomic mass is 32.1. The van der Waals surface area contributed by atoms with Gasteiger partial charge in [0.05, 0.1) is 24.6 Å². The minimum atomic E-state index is -0.0786. The van der Waals surface area contributed by atoms with Crippen LogP contribution >= 0.6 is 12.6 Å². The van der Waals surface area contributed by atoms with Crippen LogP contribution in [0.4, 0.5) is 0 Å². The summed E-state index contributed by atoms with van der Waals surface area (Å²) in [6.07, 6.45) is 0. The van der Waals surface area contributed by atoms with Gasteiger partial charge in [-0.1, -0.05) is 12.1 Å². The Bertz CT molecular complexity index is 304. The van der Waals surface area contributed by atoms with Crippen molar-refractivity contribution >= 4 is 12.6 Å². The molecule has 1 aromatic rings. The molecule has 1 fully saturated rings. The maximum Gasteiger partial charge on any atom is 0.119 e. The molecule has 1 aliphatic rings. The fourth-order valence-corrected chi connectivity index (χ4v) is 1.82. The average Bonchev–Trinajstić information content (AvgIpc) is 2.16. The highest BCUT2D eigenvalue weighted by Gasteiger charge is 2.36. The van der Waals surface area contributed by atoms with Gasteiger partial charge in [0.15, 0.2) is 0 Å². The third-order valence-electron chi connectivity index (χ3n) is 2.38. The van der Waals surface area contributed by atoms with Gasteiger partial charge < -0.3 is 9.47 Å². The number of rotatable bonds is 3. The summed E-state index contributed by atoms with van der Waals surface area (Å²) < 4.78 is 10.5. The van der Waals surface area contributed by atoms with Crippen molar-refractivity contribution in [2.24, 2.45) is 0 Å². The average molecular weight is 210 g/mol. The standard InChI is InChI=1S/C11H14O2S/c1-2-13-10-5-3-9(4-6-10)11(14)7-12-8-11/h3-6,14H,2,7-8H2,1H3. The molecule has 0 spiro atoms. The van der Waals surface area contributed by atoms with E-state index in [1.165, 1.54) is 5.56 Å². The van der Waals surface area contributed by atoms with Gasteiger partial charge >= 0.3 is 0 Å². The molecule has 0 amide bonds. The van der Waals surface area contributed by atoms with Crippen LogP contribution in [0.3, 0.4) is 0 Å². The van der Waals surface area contributed by atoms with Crippen LogP contribution in [0.2, 0.25) is 0 Å². The van der Waals surface area contributed by atoms with Crippen LogP contribution in [0.15, 0.2) is 24.3 Å². The van der Waals surface area contributed by atoms with Gasteiger partial charge in [-0.05, 0) is 24.6 Å². The Morgan fingerprint density at radius 1 is 1.36 bits per heavy atom. The van der Waals surface area contributed by atoms with Crippen molar-refractivity contribution in [1.29, 1.82) is 0 Å². The molecule has 14 heavy (non-hydrogen) atoms. The topological polar surface area (TPSA) is 18.5 Å². The summed E-state index contributed by atoms with van der Waals surface area (Å²) in [6.45, 7) is 4.08. The maximum atomic E-state index is 5.37. The van der Waals surface area contributed by atoms with Crippen LogP contribution in [0, 0.1) is 0 Å². The molecule has 0 N–H and O–H groups in total. The predicted molar refractivity (Wildman–Crippen MR) is 59.1 cm³/mol. The Morgan fingerprint density at radius 2 is 2.00 bits per heavy atom. The fraction of sp³-hybridized carbons (Fsp3) is 0.455. The zero-order chi connectivity index (χ0) is 10.0. The maximum absolute atomic E-state index is 5.37. The summed E-state index contributed by atoms with van der Waals surface area (Å²) in [5.74, 6) is 0.911. The Morgan fingerprint density at radius 3 is 2.43 bits per heavy atom. The third-order valence-corrected chi connectivity index (χ3v) is 2.90. The number of ether oxygens (including phenoxy) is 2. The lowest BCUT2D eigenvalue weighted by Crippen LogP contribution is -2.41. The molecule has 2 nitrogen and oxygen atoms in total. The van der Waals surface area contributed by atoms with E-state index in [0.717, 1.165) is 5.75 Å². The zero-order valence-corrected chi connectivity index (χ0v) is 9.09. The molecule has 2 rings (SSSR count). The van der Waals surface area contributed by atoms with Crippen molar-refractivity contribution < 1.29 is 9.47 Å². The molecule has 3 heteroatoms. The van der Waals surface area contributed by atoms with E-state index in [0.29, 0.717) is 19.8 Å². The van der Waals surface area contributed by atoms with Crippen molar-refractivity contribution in [3.63, 3.8) is 0 Å². The van der Waals surface area contributed by atoms with E-state index < -0.39 is 0 Å². The second-order valence-corrected chi connectivity index (χ2v) is 4.34. The van der Waals surface area contributed by atoms with E-state index in [1.807, 2.05) is 19.1 Å². The number of hydrogen-bond donors (Lipinski definition) is 1. The fourth-order valence-electron chi connectivity index (χ4n) is 1.49. The first-order valence-electron chi connectivity index (χ1n) is 4.78. The van der Waals surface area contributed by atoms with Gasteiger partial charge in [-0.15, -0.1) is 0 Å². The molecule has 0 saturated carbocycles. The van der Waals surface area contributed by atoms with E-state index in [-0.39, 0.29) is 4.75 Å². The normalized spacial score (nSPS) is 18.7. The summed E-state index contributed by atoms with van der Waals surface area (Å²) in [7, 11) is 0. The van der Waals surface area contributed by atoms with Crippen LogP contribution < -0.4 is 4.74 Å². The van der Waals surface area contributed by atoms with Gasteiger partial charge in [-0.25, -0.2) is 0 Å². The van der Waals surface area contributed by atoms with Gasteiger partial charge in [0.1, 0.15) is 5.75 Å². The Hall–Kier alpha value is -0.670. The molecule has 0 bridgehead atoms. The molecule has 0 aromatic heterocycles. The van der Waals surface area contributed by atoms with Crippen LogP contribution in [0.1, 0.15) is 12.5 Å². The van der Waals surface area contributed by atoms with Crippen molar-refractivity contribution in [2.45, 2.75) is 11.7 Å². The quantitative estimate of drug-likeness (QED) is 0.771. The molecule has 1 aromatic carbocycles. The highest BCUT2D eigenvalue weighted by Crippen LogP contribution is 2.36. The SMILES string of the molecule is CCOc1ccc(C2(S)COC2)cc1. The zero-order valence-electron chi connectivity index (χ0n) is 8.19. The van der Waals surface area contributed by atoms with E-state index in [4.69, 9.17) is 9.47 Å². The van der Waals surface area contributed by atoms with E-state index in [1.54, 1.807) is 0 Å². The summed E-state index contributed by atoms with van der Waals surface area (Å²) in [5, 5.41) is 0. The minimum Gasteiger partial charge on any atom is -0.494 e. The van der Waals surface area contributed by atoms with Crippen LogP contribution in [0.25, 0.3) is 0 Å². The van der Waals surface area contributed by atoms with Crippen molar-refractivity contribution in [3.05, 3.63) is 29.8 Å². The molecule has 0 atom stereocenters. The van der Waals surface area contributed by atoms with E-state index >= 15 is 0 Å². The first-order chi connectivity index (χ1) is 6.74. The van der Waals surface area contributed by atoms with Crippen LogP contribution in [-0.2, 0) is 9.48 Å². The first-order valence-corrected chi connectivity index (χ1v) is 5.23. The molecule has 1 saturated heterocycles. The molecule has 1 heterocycles. The van der Waals surface area contributed by atoms with Crippen molar-refractivity contribution in [3.8, 4) is 5.75 Å². The molecule has 0 radical (unpaired) electrons. The lowest BCUT2D eigenvalue weighted by atomic mass is 9.96. The lowest BCUT2D eigenvalue weighted by molar-refractivity contribution is -0.00971. The molecule has 0 unspecified atom stereocenters. The monoisotopic (exact) mass is 210 g/mol. The van der Waals surface area contributed by atoms with Crippen LogP contribution in [0.5, 0.6) is 5.75 Å². The first kappa shape index (κ1) is 9.87. The summed E-state index contributed by atoms with van der Waals surface area (Å²) in [5.41, 5.74) is 1.20. The van der Waals surface area contributed by atoms with Crippen molar-refractivity contribution in [1.82, 2.24) is 0 Å². The summed E-state index contributed by atoms with van der Waals surface area (Å²) >= 11 is 4.58. The molecular weight excluding hydrogens is 196 g/mol. The molecule has 76 valence electrons. The largest absolute Gasteiger partial charge is 0.494 e. The van der Waals surface area contributed by atoms with Gasteiger partial charge in [0, 0.05) is 0 Å². The van der Waals surface area contributed by atoms with Crippen molar-refractivity contribution in [2.75, 3.05) is 19.8 Å². The van der Waals surface area contributed by atoms with Gasteiger partial charge in [-0.2, -0.15) is 12.6 Å². The Labute approximate surface area is 89.6 Å². The highest BCUT2D eigenvalue weighted by molar-refractivity contribution is 7.81. The molecule has 0 aliphatic carbocycles. The van der Waals surface area contributed by atoms with Gasteiger partial charge in [-0.3, -0.25) is 0 Å². The summed E-state index contributed by atoms with van der Waals surface area (Å²) in [6, 6.07) is 8.07. The number of benzene rings is 1. The van der Waals surface area contributed by atoms with Gasteiger partial charge in [0.2, 0.25) is 0 Å².